The molecule has 196 valence electrons. The normalized spacial score (nSPS) is 10.8. The molecule has 0 saturated heterocycles. The number of rotatable bonds is 11. The number of nitrogens with zero attached hydrogens (tertiary/aromatic N) is 1. The molecule has 0 aliphatic rings. The number of aromatic nitrogens is 1. The van der Waals surface area contributed by atoms with Gasteiger partial charge in [0.2, 0.25) is 0 Å². The first-order valence-electron chi connectivity index (χ1n) is 12.0. The lowest BCUT2D eigenvalue weighted by Crippen LogP contribution is -2.10. The van der Waals surface area contributed by atoms with Crippen LogP contribution < -0.4 is 9.47 Å². The monoisotopic (exact) mass is 535 g/mol. The van der Waals surface area contributed by atoms with E-state index in [0.29, 0.717) is 45.0 Å². The van der Waals surface area contributed by atoms with Crippen LogP contribution in [0.25, 0.3) is 21.3 Å². The van der Waals surface area contributed by atoms with E-state index in [4.69, 9.17) is 14.2 Å². The standard InChI is InChI=1S/C29H26FNO6S/c1-4-12-37-26-11-8-17(15-27(26)35-2)24(32)9-10-25(33)23-14-18(29(34)36-3)13-22(31-23)20-16-38-28-19(20)6-5-7-21(28)30/h5-8,11,13-16H,4,9-10,12H2,1-3H3. The number of ether oxygens (including phenoxy) is 3. The molecule has 0 bridgehead atoms. The van der Waals surface area contributed by atoms with Crippen LogP contribution >= 0.6 is 11.3 Å². The Bertz CT molecular complexity index is 1510. The van der Waals surface area contributed by atoms with Gasteiger partial charge in [-0.3, -0.25) is 9.59 Å². The number of ketones is 2. The van der Waals surface area contributed by atoms with Crippen LogP contribution in [0.3, 0.4) is 0 Å². The SMILES string of the molecule is CCCOc1ccc(C(=O)CCC(=O)c2cc(C(=O)OC)cc(-c3csc4c(F)cccc34)n2)cc1OC. The number of methoxy groups -OCH3 is 2. The van der Waals surface area contributed by atoms with Gasteiger partial charge in [-0.2, -0.15) is 0 Å². The van der Waals surface area contributed by atoms with Gasteiger partial charge in [-0.1, -0.05) is 19.1 Å². The van der Waals surface area contributed by atoms with Gasteiger partial charge in [0, 0.05) is 34.7 Å². The lowest BCUT2D eigenvalue weighted by atomic mass is 10.0. The molecule has 0 atom stereocenters. The second-order valence-electron chi connectivity index (χ2n) is 8.44. The van der Waals surface area contributed by atoms with Crippen molar-refractivity contribution in [3.05, 3.63) is 76.5 Å². The minimum absolute atomic E-state index is 0.0207. The van der Waals surface area contributed by atoms with Crippen LogP contribution in [0.1, 0.15) is 57.4 Å². The Morgan fingerprint density at radius 3 is 2.47 bits per heavy atom. The molecule has 38 heavy (non-hydrogen) atoms. The first-order chi connectivity index (χ1) is 18.4. The molecule has 4 aromatic rings. The summed E-state index contributed by atoms with van der Waals surface area (Å²) in [6, 6.07) is 12.5. The maximum absolute atomic E-state index is 14.2. The van der Waals surface area contributed by atoms with Crippen LogP contribution in [0.2, 0.25) is 0 Å². The van der Waals surface area contributed by atoms with E-state index in [-0.39, 0.29) is 35.7 Å². The van der Waals surface area contributed by atoms with Crippen LogP contribution in [0.4, 0.5) is 4.39 Å². The molecule has 0 spiro atoms. The number of fused-ring (bicyclic) bond motifs is 1. The summed E-state index contributed by atoms with van der Waals surface area (Å²) < 4.78 is 30.5. The van der Waals surface area contributed by atoms with Crippen LogP contribution in [0.5, 0.6) is 11.5 Å². The Hall–Kier alpha value is -4.11. The Morgan fingerprint density at radius 2 is 1.74 bits per heavy atom. The minimum atomic E-state index is -0.637. The lowest BCUT2D eigenvalue weighted by Gasteiger charge is -2.11. The maximum Gasteiger partial charge on any atom is 0.338 e. The van der Waals surface area contributed by atoms with E-state index in [1.807, 2.05) is 6.92 Å². The zero-order valence-corrected chi connectivity index (χ0v) is 22.0. The number of thiophene rings is 1. The van der Waals surface area contributed by atoms with Gasteiger partial charge >= 0.3 is 5.97 Å². The van der Waals surface area contributed by atoms with Crippen molar-refractivity contribution in [3.63, 3.8) is 0 Å². The predicted octanol–water partition coefficient (Wildman–Crippen LogP) is 6.53. The molecule has 0 saturated carbocycles. The zero-order valence-electron chi connectivity index (χ0n) is 21.2. The molecule has 0 amide bonds. The third kappa shape index (κ3) is 5.73. The third-order valence-electron chi connectivity index (χ3n) is 5.89. The Kier molecular flexibility index (Phi) is 8.48. The van der Waals surface area contributed by atoms with Gasteiger partial charge in [-0.05, 0) is 42.8 Å². The van der Waals surface area contributed by atoms with E-state index >= 15 is 0 Å². The van der Waals surface area contributed by atoms with Crippen LogP contribution in [-0.2, 0) is 4.74 Å². The fourth-order valence-corrected chi connectivity index (χ4v) is 4.91. The summed E-state index contributed by atoms with van der Waals surface area (Å²) in [7, 11) is 2.74. The number of hydrogen-bond donors (Lipinski definition) is 0. The number of halogens is 1. The van der Waals surface area contributed by atoms with E-state index in [1.165, 1.54) is 43.8 Å². The minimum Gasteiger partial charge on any atom is -0.493 e. The van der Waals surface area contributed by atoms with E-state index in [2.05, 4.69) is 4.98 Å². The summed E-state index contributed by atoms with van der Waals surface area (Å²) in [4.78, 5) is 42.8. The fourth-order valence-electron chi connectivity index (χ4n) is 3.94. The second kappa shape index (κ2) is 12.0. The molecule has 0 radical (unpaired) electrons. The van der Waals surface area contributed by atoms with Crippen molar-refractivity contribution in [2.24, 2.45) is 0 Å². The van der Waals surface area contributed by atoms with Crippen molar-refractivity contribution >= 4 is 39.0 Å². The van der Waals surface area contributed by atoms with Crippen molar-refractivity contribution < 1.29 is 33.0 Å². The number of carbonyl (C=O) groups excluding carboxylic acids is 3. The number of carbonyl (C=O) groups is 3. The molecule has 2 heterocycles. The maximum atomic E-state index is 14.2. The molecule has 7 nitrogen and oxygen atoms in total. The molecular weight excluding hydrogens is 509 g/mol. The predicted molar refractivity (Wildman–Crippen MR) is 143 cm³/mol. The van der Waals surface area contributed by atoms with E-state index < -0.39 is 11.8 Å². The molecule has 4 rings (SSSR count). The van der Waals surface area contributed by atoms with Gasteiger partial charge in [0.15, 0.2) is 23.1 Å². The molecule has 0 aliphatic carbocycles. The van der Waals surface area contributed by atoms with E-state index in [1.54, 1.807) is 35.7 Å². The molecule has 2 aromatic heterocycles. The summed E-state index contributed by atoms with van der Waals surface area (Å²) in [6.45, 7) is 2.51. The van der Waals surface area contributed by atoms with Gasteiger partial charge in [-0.15, -0.1) is 11.3 Å². The molecule has 2 aromatic carbocycles. The first-order valence-corrected chi connectivity index (χ1v) is 12.9. The van der Waals surface area contributed by atoms with Crippen LogP contribution in [0.15, 0.2) is 53.9 Å². The van der Waals surface area contributed by atoms with Crippen LogP contribution in [0, 0.1) is 5.82 Å². The molecule has 0 aliphatic heterocycles. The van der Waals surface area contributed by atoms with Crippen molar-refractivity contribution in [1.82, 2.24) is 4.98 Å². The number of pyridine rings is 1. The Morgan fingerprint density at radius 1 is 0.947 bits per heavy atom. The van der Waals surface area contributed by atoms with Gasteiger partial charge in [0.1, 0.15) is 11.5 Å². The summed E-state index contributed by atoms with van der Waals surface area (Å²) in [5, 5.41) is 2.36. The van der Waals surface area contributed by atoms with Crippen molar-refractivity contribution in [2.75, 3.05) is 20.8 Å². The van der Waals surface area contributed by atoms with Gasteiger partial charge in [0.25, 0.3) is 0 Å². The molecule has 0 N–H and O–H groups in total. The highest BCUT2D eigenvalue weighted by Crippen LogP contribution is 2.35. The Labute approximate surface area is 223 Å². The van der Waals surface area contributed by atoms with Crippen molar-refractivity contribution in [1.29, 1.82) is 0 Å². The number of benzene rings is 2. The summed E-state index contributed by atoms with van der Waals surface area (Å²) >= 11 is 1.21. The first kappa shape index (κ1) is 26.9. The van der Waals surface area contributed by atoms with Gasteiger partial charge < -0.3 is 14.2 Å². The molecular formula is C29H26FNO6S. The summed E-state index contributed by atoms with van der Waals surface area (Å²) in [5.74, 6) is -0.680. The molecule has 9 heteroatoms. The largest absolute Gasteiger partial charge is 0.493 e. The number of Topliss-reactive ketones (excluding diaryl/α,β-unsaturated/α-hetero) is 2. The Balaban J connectivity index is 1.58. The van der Waals surface area contributed by atoms with Crippen molar-refractivity contribution in [2.45, 2.75) is 26.2 Å². The topological polar surface area (TPSA) is 91.8 Å². The van der Waals surface area contributed by atoms with E-state index in [0.717, 1.165) is 6.42 Å². The lowest BCUT2D eigenvalue weighted by molar-refractivity contribution is 0.0600. The highest BCUT2D eigenvalue weighted by atomic mass is 32.1. The highest BCUT2D eigenvalue weighted by Gasteiger charge is 2.20. The van der Waals surface area contributed by atoms with Gasteiger partial charge in [0.05, 0.1) is 36.8 Å². The summed E-state index contributed by atoms with van der Waals surface area (Å²) in [6.07, 6.45) is 0.646. The quantitative estimate of drug-likeness (QED) is 0.159. The number of hydrogen-bond acceptors (Lipinski definition) is 8. The van der Waals surface area contributed by atoms with Gasteiger partial charge in [-0.25, -0.2) is 14.2 Å². The fraction of sp³-hybridized carbons (Fsp3) is 0.241. The zero-order chi connectivity index (χ0) is 27.2. The van der Waals surface area contributed by atoms with Crippen molar-refractivity contribution in [3.8, 4) is 22.8 Å². The molecule has 0 fully saturated rings. The average molecular weight is 536 g/mol. The highest BCUT2D eigenvalue weighted by molar-refractivity contribution is 7.17. The summed E-state index contributed by atoms with van der Waals surface area (Å²) in [5.41, 5.74) is 1.48. The van der Waals surface area contributed by atoms with Crippen LogP contribution in [-0.4, -0.2) is 43.3 Å². The smallest absolute Gasteiger partial charge is 0.338 e. The molecule has 0 unspecified atom stereocenters. The number of esters is 1. The second-order valence-corrected chi connectivity index (χ2v) is 9.32. The van der Waals surface area contributed by atoms with E-state index in [9.17, 15) is 18.8 Å². The third-order valence-corrected chi connectivity index (χ3v) is 6.89. The average Bonchev–Trinajstić information content (AvgIpc) is 3.39.